The van der Waals surface area contributed by atoms with Gasteiger partial charge in [-0.3, -0.25) is 4.79 Å². The smallest absolute Gasteiger partial charge is 0.433 e. The number of amides is 1. The molecule has 7 nitrogen and oxygen atoms in total. The van der Waals surface area contributed by atoms with Gasteiger partial charge >= 0.3 is 12.1 Å². The van der Waals surface area contributed by atoms with Crippen molar-refractivity contribution in [3.63, 3.8) is 0 Å². The molecular formula is C12H13ClN2O5. The van der Waals surface area contributed by atoms with Gasteiger partial charge in [0.2, 0.25) is 0 Å². The molecule has 0 atom stereocenters. The van der Waals surface area contributed by atoms with Gasteiger partial charge in [0.1, 0.15) is 12.4 Å². The Bertz CT molecular complexity index is 477. The highest BCUT2D eigenvalue weighted by Crippen LogP contribution is 2.13. The lowest BCUT2D eigenvalue weighted by atomic mass is 10.2. The molecule has 0 saturated heterocycles. The number of hydrogen-bond acceptors (Lipinski definition) is 6. The van der Waals surface area contributed by atoms with E-state index in [0.29, 0.717) is 16.3 Å². The van der Waals surface area contributed by atoms with E-state index in [2.05, 4.69) is 5.29 Å². The second-order valence-corrected chi connectivity index (χ2v) is 4.06. The van der Waals surface area contributed by atoms with Crippen LogP contribution in [-0.2, 0) is 16.1 Å². The van der Waals surface area contributed by atoms with Crippen LogP contribution in [0.25, 0.3) is 0 Å². The van der Waals surface area contributed by atoms with E-state index in [-0.39, 0.29) is 19.0 Å². The molecule has 0 N–H and O–H groups in total. The molecule has 0 aliphatic heterocycles. The minimum absolute atomic E-state index is 0.0186. The highest BCUT2D eigenvalue weighted by Gasteiger charge is 2.14. The monoisotopic (exact) mass is 300 g/mol. The lowest BCUT2D eigenvalue weighted by Crippen LogP contribution is -2.27. The molecule has 0 aliphatic rings. The first kappa shape index (κ1) is 15.9. The van der Waals surface area contributed by atoms with Gasteiger partial charge in [0.15, 0.2) is 0 Å². The molecule has 20 heavy (non-hydrogen) atoms. The molecule has 8 heteroatoms. The normalized spacial score (nSPS) is 9.70. The number of carbonyl (C=O) groups excluding carboxylic acids is 2. The summed E-state index contributed by atoms with van der Waals surface area (Å²) in [5.41, 5.74) is 0.672. The van der Waals surface area contributed by atoms with Crippen molar-refractivity contribution in [2.75, 3.05) is 12.4 Å². The molecule has 1 amide bonds. The Morgan fingerprint density at radius 2 is 1.95 bits per heavy atom. The van der Waals surface area contributed by atoms with Crippen LogP contribution in [0, 0.1) is 4.91 Å². The van der Waals surface area contributed by atoms with Gasteiger partial charge < -0.3 is 9.47 Å². The SMILES string of the molecule is CC(=O)Oc1ccc(COC(=O)N(CCCl)N=O)cc1. The number of rotatable bonds is 6. The van der Waals surface area contributed by atoms with Crippen LogP contribution in [0.4, 0.5) is 4.79 Å². The number of alkyl halides is 1. The first-order valence-electron chi connectivity index (χ1n) is 5.67. The standard InChI is InChI=1S/C12H13ClN2O5/c1-9(16)20-11-4-2-10(3-5-11)8-19-12(17)15(14-18)7-6-13/h2-5H,6-8H2,1H3. The summed E-state index contributed by atoms with van der Waals surface area (Å²) in [6.45, 7) is 1.25. The van der Waals surface area contributed by atoms with Crippen molar-refractivity contribution in [2.24, 2.45) is 5.29 Å². The Hall–Kier alpha value is -2.15. The topological polar surface area (TPSA) is 85.3 Å². The predicted octanol–water partition coefficient (Wildman–Crippen LogP) is 2.47. The number of carbonyl (C=O) groups is 2. The first-order chi connectivity index (χ1) is 9.56. The second kappa shape index (κ2) is 8.11. The molecule has 0 radical (unpaired) electrons. The number of esters is 1. The average Bonchev–Trinajstić information content (AvgIpc) is 2.43. The van der Waals surface area contributed by atoms with E-state index in [1.165, 1.54) is 6.92 Å². The van der Waals surface area contributed by atoms with Crippen molar-refractivity contribution >= 4 is 23.7 Å². The average molecular weight is 301 g/mol. The van der Waals surface area contributed by atoms with Crippen molar-refractivity contribution in [3.05, 3.63) is 34.7 Å². The molecular weight excluding hydrogens is 288 g/mol. The van der Waals surface area contributed by atoms with Gasteiger partial charge in [-0.25, -0.2) is 4.79 Å². The number of benzene rings is 1. The zero-order valence-electron chi connectivity index (χ0n) is 10.7. The van der Waals surface area contributed by atoms with E-state index in [0.717, 1.165) is 0 Å². The Morgan fingerprint density at radius 3 is 2.45 bits per heavy atom. The van der Waals surface area contributed by atoms with Crippen LogP contribution in [0.3, 0.4) is 0 Å². The Kier molecular flexibility index (Phi) is 6.45. The van der Waals surface area contributed by atoms with Crippen molar-refractivity contribution in [2.45, 2.75) is 13.5 Å². The summed E-state index contributed by atoms with van der Waals surface area (Å²) in [5.74, 6) is 0.0571. The molecule has 0 saturated carbocycles. The van der Waals surface area contributed by atoms with Crippen LogP contribution in [0.2, 0.25) is 0 Å². The molecule has 1 aromatic carbocycles. The van der Waals surface area contributed by atoms with Gasteiger partial charge in [-0.1, -0.05) is 12.1 Å². The fourth-order valence-electron chi connectivity index (χ4n) is 1.28. The molecule has 0 bridgehead atoms. The molecule has 0 aromatic heterocycles. The van der Waals surface area contributed by atoms with Gasteiger partial charge in [-0.2, -0.15) is 5.01 Å². The van der Waals surface area contributed by atoms with Gasteiger partial charge in [-0.05, 0) is 17.7 Å². The van der Waals surface area contributed by atoms with Crippen LogP contribution in [0.1, 0.15) is 12.5 Å². The van der Waals surface area contributed by atoms with E-state index in [1.54, 1.807) is 24.3 Å². The van der Waals surface area contributed by atoms with Crippen molar-refractivity contribution in [1.82, 2.24) is 5.01 Å². The van der Waals surface area contributed by atoms with E-state index in [9.17, 15) is 14.5 Å². The van der Waals surface area contributed by atoms with Gasteiger partial charge in [0.05, 0.1) is 11.8 Å². The zero-order valence-corrected chi connectivity index (χ0v) is 11.5. The molecule has 1 aromatic rings. The summed E-state index contributed by atoms with van der Waals surface area (Å²) < 4.78 is 9.74. The third-order valence-electron chi connectivity index (χ3n) is 2.15. The highest BCUT2D eigenvalue weighted by molar-refractivity contribution is 6.18. The predicted molar refractivity (Wildman–Crippen MR) is 71.2 cm³/mol. The molecule has 0 unspecified atom stereocenters. The van der Waals surface area contributed by atoms with Crippen LogP contribution < -0.4 is 4.74 Å². The van der Waals surface area contributed by atoms with Crippen molar-refractivity contribution < 1.29 is 19.1 Å². The largest absolute Gasteiger partial charge is 0.443 e. The number of ether oxygens (including phenoxy) is 2. The maximum Gasteiger partial charge on any atom is 0.433 e. The van der Waals surface area contributed by atoms with Crippen molar-refractivity contribution in [1.29, 1.82) is 0 Å². The summed E-state index contributed by atoms with van der Waals surface area (Å²) in [7, 11) is 0. The molecule has 1 rings (SSSR count). The molecule has 0 aliphatic carbocycles. The maximum absolute atomic E-state index is 11.4. The van der Waals surface area contributed by atoms with E-state index in [1.807, 2.05) is 0 Å². The number of nitrogens with zero attached hydrogens (tertiary/aromatic N) is 2. The first-order valence-corrected chi connectivity index (χ1v) is 6.21. The minimum atomic E-state index is -0.871. The summed E-state index contributed by atoms with van der Waals surface area (Å²) in [6, 6.07) is 6.40. The van der Waals surface area contributed by atoms with Gasteiger partial charge in [0, 0.05) is 12.8 Å². The fraction of sp³-hybridized carbons (Fsp3) is 0.333. The number of hydrogen-bond donors (Lipinski definition) is 0. The van der Waals surface area contributed by atoms with Gasteiger partial charge in [0.25, 0.3) is 0 Å². The maximum atomic E-state index is 11.4. The molecule has 108 valence electrons. The molecule has 0 heterocycles. The van der Waals surface area contributed by atoms with E-state index < -0.39 is 12.1 Å². The highest BCUT2D eigenvalue weighted by atomic mass is 35.5. The summed E-state index contributed by atoms with van der Waals surface area (Å²) in [4.78, 5) is 32.5. The second-order valence-electron chi connectivity index (χ2n) is 3.69. The van der Waals surface area contributed by atoms with E-state index >= 15 is 0 Å². The van der Waals surface area contributed by atoms with Crippen LogP contribution in [0.15, 0.2) is 29.6 Å². The van der Waals surface area contributed by atoms with E-state index in [4.69, 9.17) is 21.1 Å². The summed E-state index contributed by atoms with van der Waals surface area (Å²) >= 11 is 5.41. The number of nitroso groups, excluding NO2 is 1. The Morgan fingerprint density at radius 1 is 1.30 bits per heavy atom. The van der Waals surface area contributed by atoms with Crippen LogP contribution in [-0.4, -0.2) is 29.5 Å². The Labute approximate surface area is 120 Å². The minimum Gasteiger partial charge on any atom is -0.443 e. The summed E-state index contributed by atoms with van der Waals surface area (Å²) in [6.07, 6.45) is -0.871. The zero-order chi connectivity index (χ0) is 15.0. The molecule has 0 spiro atoms. The van der Waals surface area contributed by atoms with Crippen molar-refractivity contribution in [3.8, 4) is 5.75 Å². The quantitative estimate of drug-likeness (QED) is 0.265. The lowest BCUT2D eigenvalue weighted by Gasteiger charge is -2.12. The molecule has 0 fully saturated rings. The third kappa shape index (κ3) is 5.23. The third-order valence-corrected chi connectivity index (χ3v) is 2.32. The van der Waals surface area contributed by atoms with Crippen LogP contribution >= 0.6 is 11.6 Å². The lowest BCUT2D eigenvalue weighted by molar-refractivity contribution is -0.131. The fourth-order valence-corrected chi connectivity index (χ4v) is 1.44. The summed E-state index contributed by atoms with van der Waals surface area (Å²) in [5, 5.41) is 3.10. The Balaban J connectivity index is 2.50. The van der Waals surface area contributed by atoms with Gasteiger partial charge in [-0.15, -0.1) is 16.5 Å². The number of halogens is 1. The van der Waals surface area contributed by atoms with Crippen LogP contribution in [0.5, 0.6) is 5.75 Å².